The number of esters is 1. The van der Waals surface area contributed by atoms with Crippen LogP contribution in [0.15, 0.2) is 59.0 Å². The smallest absolute Gasteiger partial charge is 0.308 e. The Morgan fingerprint density at radius 3 is 2.27 bits per heavy atom. The van der Waals surface area contributed by atoms with E-state index in [1.54, 1.807) is 22.7 Å². The predicted octanol–water partition coefficient (Wildman–Crippen LogP) is 8.21. The van der Waals surface area contributed by atoms with Gasteiger partial charge in [0.2, 0.25) is 11.8 Å². The monoisotopic (exact) mass is 946 g/mol. The molecule has 14 nitrogen and oxygen atoms in total. The molecule has 2 aromatic carbocycles. The molecule has 2 N–H and O–H groups in total. The first kappa shape index (κ1) is 47.9. The number of nitrogens with one attached hydrogen (secondary N) is 1. The average Bonchev–Trinajstić information content (AvgIpc) is 4.07. The number of benzene rings is 2. The molecule has 0 radical (unpaired) electrons. The number of nitrogens with zero attached hydrogens (tertiary/aromatic N) is 7. The molecule has 3 aromatic heterocycles. The number of thiazole rings is 1. The average molecular weight is 947 g/mol. The van der Waals surface area contributed by atoms with E-state index in [0.717, 1.165) is 86.5 Å². The molecule has 3 aliphatic rings. The van der Waals surface area contributed by atoms with E-state index in [4.69, 9.17) is 9.73 Å². The maximum absolute atomic E-state index is 14.4. The lowest BCUT2D eigenvalue weighted by Gasteiger charge is -2.36. The second-order valence-corrected chi connectivity index (χ2v) is 21.6. The van der Waals surface area contributed by atoms with E-state index >= 15 is 0 Å². The van der Waals surface area contributed by atoms with Gasteiger partial charge >= 0.3 is 5.97 Å². The van der Waals surface area contributed by atoms with E-state index in [1.165, 1.54) is 16.9 Å². The first-order chi connectivity index (χ1) is 31.9. The minimum Gasteiger partial charge on any atom is -0.469 e. The summed E-state index contributed by atoms with van der Waals surface area (Å²) in [5.41, 5.74) is 9.22. The molecule has 0 bridgehead atoms. The molecule has 0 aliphatic carbocycles. The third kappa shape index (κ3) is 10.0. The number of β-amino-alcohol motifs (C(OH)–C–C–N with tert-alkyl or cyclic N) is 1. The Balaban J connectivity index is 0.887. The Morgan fingerprint density at radius 2 is 1.63 bits per heavy atom. The number of hydrogen-bond acceptors (Lipinski definition) is 13. The van der Waals surface area contributed by atoms with Crippen LogP contribution >= 0.6 is 22.7 Å². The van der Waals surface area contributed by atoms with E-state index in [2.05, 4.69) is 63.5 Å². The van der Waals surface area contributed by atoms with Gasteiger partial charge in [-0.3, -0.25) is 28.7 Å². The van der Waals surface area contributed by atoms with Crippen molar-refractivity contribution in [2.24, 2.45) is 22.2 Å². The Kier molecular flexibility index (Phi) is 14.0. The number of aliphatic hydroxyl groups is 1. The number of carbonyl (C=O) groups excluding carboxylic acids is 4. The van der Waals surface area contributed by atoms with Crippen LogP contribution in [0.3, 0.4) is 0 Å². The Bertz CT molecular complexity index is 2670. The van der Waals surface area contributed by atoms with E-state index in [9.17, 15) is 24.3 Å². The number of fused-ring (bicyclic) bond motifs is 3. The summed E-state index contributed by atoms with van der Waals surface area (Å²) in [6.45, 7) is 17.5. The second-order valence-electron chi connectivity index (χ2n) is 19.5. The Morgan fingerprint density at radius 1 is 0.940 bits per heavy atom. The molecule has 0 spiro atoms. The van der Waals surface area contributed by atoms with Crippen LogP contribution in [0.1, 0.15) is 123 Å². The molecule has 0 saturated carbocycles. The van der Waals surface area contributed by atoms with Gasteiger partial charge in [0.1, 0.15) is 28.7 Å². The van der Waals surface area contributed by atoms with Gasteiger partial charge in [-0.05, 0) is 87.6 Å². The van der Waals surface area contributed by atoms with E-state index < -0.39 is 29.5 Å². The minimum absolute atomic E-state index is 0.0428. The van der Waals surface area contributed by atoms with E-state index in [0.29, 0.717) is 12.2 Å². The maximum atomic E-state index is 14.4. The molecule has 2 amide bonds. The first-order valence-corrected chi connectivity index (χ1v) is 24.9. The molecule has 2 saturated heterocycles. The summed E-state index contributed by atoms with van der Waals surface area (Å²) in [5.74, 6) is -0.0116. The van der Waals surface area contributed by atoms with Crippen molar-refractivity contribution in [2.45, 2.75) is 118 Å². The molecule has 67 heavy (non-hydrogen) atoms. The Labute approximate surface area is 400 Å². The van der Waals surface area contributed by atoms with Crippen molar-refractivity contribution in [3.63, 3.8) is 0 Å². The molecule has 5 atom stereocenters. The number of thiophene rings is 1. The van der Waals surface area contributed by atoms with Crippen LogP contribution in [0.5, 0.6) is 0 Å². The van der Waals surface area contributed by atoms with Gasteiger partial charge in [-0.1, -0.05) is 57.2 Å². The largest absolute Gasteiger partial charge is 0.469 e. The number of Topliss-reactive ketones (excluding diaryl/α,β-unsaturated/α-hetero) is 1. The van der Waals surface area contributed by atoms with Crippen LogP contribution in [0, 0.1) is 44.9 Å². The van der Waals surface area contributed by atoms with Gasteiger partial charge in [-0.15, -0.1) is 32.9 Å². The zero-order chi connectivity index (χ0) is 47.9. The molecule has 354 valence electrons. The van der Waals surface area contributed by atoms with Gasteiger partial charge in [0, 0.05) is 66.5 Å². The SMILES string of the molecule is COC(=O)C[C@@H]1N=C(c2ccc(N3CCC(CC(=O)C[C@H](C(=O)N4C[C@H](O)C[C@H]4C(=O)N[C@@H](C)c4ccc(-c5scnc5C)cc4)C(C)(C)C)CC3)cc2)c2c(sc(C)c2C)-n2c(C)nnc21. The fraction of sp³-hybridized carbons (Fsp3) is 0.490. The number of aryl methyl sites for hydroxylation is 3. The van der Waals surface area contributed by atoms with Crippen LogP contribution in [-0.4, -0.2) is 97.9 Å². The van der Waals surface area contributed by atoms with Crippen LogP contribution < -0.4 is 10.2 Å². The predicted molar refractivity (Wildman–Crippen MR) is 262 cm³/mol. The number of anilines is 1. The molecule has 3 aliphatic heterocycles. The third-order valence-corrected chi connectivity index (χ3v) is 16.1. The number of aromatic nitrogens is 4. The van der Waals surface area contributed by atoms with Crippen molar-refractivity contribution in [3.8, 4) is 15.4 Å². The zero-order valence-corrected chi connectivity index (χ0v) is 41.6. The summed E-state index contributed by atoms with van der Waals surface area (Å²) in [5, 5.41) is 23.7. The van der Waals surface area contributed by atoms with Crippen molar-refractivity contribution >= 4 is 57.6 Å². The number of carbonyl (C=O) groups is 4. The number of likely N-dealkylation sites (tertiary alicyclic amines) is 1. The van der Waals surface area contributed by atoms with E-state index in [1.807, 2.05) is 75.9 Å². The summed E-state index contributed by atoms with van der Waals surface area (Å²) in [6, 6.07) is 14.7. The summed E-state index contributed by atoms with van der Waals surface area (Å²) in [4.78, 5) is 70.3. The minimum atomic E-state index is -0.834. The lowest BCUT2D eigenvalue weighted by atomic mass is 9.75. The van der Waals surface area contributed by atoms with Gasteiger partial charge in [-0.2, -0.15) is 0 Å². The number of piperidine rings is 1. The standard InChI is InChI=1S/C51H62N8O6S2/c1-28-31(4)67-50-44(28)45(54-41(25-43(62)65-9)47-56-55-32(5)59(47)50)35-14-16-37(17-15-35)57-20-18-33(19-21-57)22-38(60)23-40(51(6,7)8)49(64)58-26-39(61)24-42(58)48(63)53-29(2)34-10-12-36(13-11-34)46-30(3)52-27-66-46/h10-17,27,29,33,39-42,61H,18-26H2,1-9H3,(H,53,63)/t29-,39+,40+,41-,42-/m0/s1. The lowest BCUT2D eigenvalue weighted by Crippen LogP contribution is -2.50. The van der Waals surface area contributed by atoms with Gasteiger partial charge < -0.3 is 25.0 Å². The van der Waals surface area contributed by atoms with Gasteiger partial charge in [0.15, 0.2) is 5.82 Å². The maximum Gasteiger partial charge on any atom is 0.308 e. The summed E-state index contributed by atoms with van der Waals surface area (Å²) < 4.78 is 7.08. The molecule has 16 heteroatoms. The van der Waals surface area contributed by atoms with Crippen LogP contribution in [0.2, 0.25) is 0 Å². The fourth-order valence-electron chi connectivity index (χ4n) is 9.79. The quantitative estimate of drug-likeness (QED) is 0.110. The topological polar surface area (TPSA) is 172 Å². The normalized spacial score (nSPS) is 19.6. The van der Waals surface area contributed by atoms with Crippen molar-refractivity contribution in [1.82, 2.24) is 30.0 Å². The molecule has 5 aromatic rings. The summed E-state index contributed by atoms with van der Waals surface area (Å²) in [7, 11) is 1.38. The third-order valence-electron chi connectivity index (χ3n) is 13.9. The van der Waals surface area contributed by atoms with Gasteiger partial charge in [0.05, 0.1) is 47.5 Å². The van der Waals surface area contributed by atoms with Crippen molar-refractivity contribution in [2.75, 3.05) is 31.6 Å². The first-order valence-electron chi connectivity index (χ1n) is 23.2. The number of amides is 2. The number of ether oxygens (including phenoxy) is 1. The highest BCUT2D eigenvalue weighted by Gasteiger charge is 2.45. The number of aliphatic imine (C=N–C) groups is 1. The highest BCUT2D eigenvalue weighted by atomic mass is 32.1. The van der Waals surface area contributed by atoms with Crippen molar-refractivity contribution in [3.05, 3.63) is 98.5 Å². The van der Waals surface area contributed by atoms with Crippen LogP contribution in [0.4, 0.5) is 5.69 Å². The number of ketones is 1. The number of hydrogen-bond donors (Lipinski definition) is 2. The molecule has 8 rings (SSSR count). The number of methoxy groups -OCH3 is 1. The van der Waals surface area contributed by atoms with Crippen LogP contribution in [0.25, 0.3) is 15.4 Å². The van der Waals surface area contributed by atoms with Gasteiger partial charge in [-0.25, -0.2) is 4.98 Å². The molecular formula is C51H62N8O6S2. The molecule has 0 unspecified atom stereocenters. The zero-order valence-electron chi connectivity index (χ0n) is 40.0. The van der Waals surface area contributed by atoms with Crippen molar-refractivity contribution < 1.29 is 29.0 Å². The number of aliphatic hydroxyl groups excluding tert-OH is 1. The highest BCUT2D eigenvalue weighted by Crippen LogP contribution is 2.41. The summed E-state index contributed by atoms with van der Waals surface area (Å²) in [6.07, 6.45) is 1.50. The molecular weight excluding hydrogens is 885 g/mol. The van der Waals surface area contributed by atoms with Crippen molar-refractivity contribution in [1.29, 1.82) is 0 Å². The van der Waals surface area contributed by atoms with E-state index in [-0.39, 0.29) is 61.3 Å². The second kappa shape index (κ2) is 19.6. The molecule has 6 heterocycles. The summed E-state index contributed by atoms with van der Waals surface area (Å²) >= 11 is 3.26. The molecule has 2 fully saturated rings. The van der Waals surface area contributed by atoms with Gasteiger partial charge in [0.25, 0.3) is 0 Å². The number of rotatable bonds is 13. The fourth-order valence-corrected chi connectivity index (χ4v) is 11.8. The highest BCUT2D eigenvalue weighted by molar-refractivity contribution is 7.15. The lowest BCUT2D eigenvalue weighted by molar-refractivity contribution is -0.146. The Hall–Kier alpha value is -5.58. The van der Waals surface area contributed by atoms with Crippen LogP contribution in [-0.2, 0) is 23.9 Å².